The summed E-state index contributed by atoms with van der Waals surface area (Å²) in [4.78, 5) is 41.9. The molecule has 2 aromatic rings. The standard InChI is InChI=1S/C13H7N3O7/c17-13(8-4-2-1-3-5-8)9-6-7-10(14(18)19)12(16(22)23)11(9)15(20)21/h1-7H. The molecule has 0 aliphatic rings. The number of carbonyl (C=O) groups is 1. The van der Waals surface area contributed by atoms with Gasteiger partial charge in [-0.25, -0.2) is 0 Å². The molecular weight excluding hydrogens is 310 g/mol. The van der Waals surface area contributed by atoms with Crippen molar-refractivity contribution in [2.75, 3.05) is 0 Å². The molecule has 10 heteroatoms. The molecule has 116 valence electrons. The molecule has 23 heavy (non-hydrogen) atoms. The Morgan fingerprint density at radius 1 is 0.739 bits per heavy atom. The monoisotopic (exact) mass is 317 g/mol. The highest BCUT2D eigenvalue weighted by Crippen LogP contribution is 2.39. The molecule has 0 aliphatic carbocycles. The van der Waals surface area contributed by atoms with Crippen molar-refractivity contribution >= 4 is 22.8 Å². The average molecular weight is 317 g/mol. The molecule has 0 aliphatic heterocycles. The second-order valence-corrected chi connectivity index (χ2v) is 4.30. The lowest BCUT2D eigenvalue weighted by molar-refractivity contribution is -0.441. The minimum absolute atomic E-state index is 0.0683. The van der Waals surface area contributed by atoms with Gasteiger partial charge in [0.05, 0.1) is 14.8 Å². The SMILES string of the molecule is O=C(c1ccccc1)c1ccc([N+](=O)[O-])c([N+](=O)[O-])c1[N+](=O)[O-]. The fraction of sp³-hybridized carbons (Fsp3) is 0. The Labute approximate surface area is 127 Å². The first kappa shape index (κ1) is 15.7. The van der Waals surface area contributed by atoms with E-state index in [0.29, 0.717) is 6.07 Å². The van der Waals surface area contributed by atoms with Crippen molar-refractivity contribution in [2.24, 2.45) is 0 Å². The Morgan fingerprint density at radius 2 is 1.30 bits per heavy atom. The fourth-order valence-electron chi connectivity index (χ4n) is 2.01. The van der Waals surface area contributed by atoms with Crippen LogP contribution in [0.15, 0.2) is 42.5 Å². The lowest BCUT2D eigenvalue weighted by Crippen LogP contribution is -2.09. The lowest BCUT2D eigenvalue weighted by atomic mass is 10.00. The van der Waals surface area contributed by atoms with Crippen LogP contribution in [-0.4, -0.2) is 20.6 Å². The predicted molar refractivity (Wildman–Crippen MR) is 76.3 cm³/mol. The largest absolute Gasteiger partial charge is 0.423 e. The molecule has 0 bridgehead atoms. The molecule has 0 fully saturated rings. The van der Waals surface area contributed by atoms with Gasteiger partial charge in [-0.3, -0.25) is 35.1 Å². The Hall–Kier alpha value is -3.69. The van der Waals surface area contributed by atoms with E-state index in [-0.39, 0.29) is 5.56 Å². The molecule has 0 N–H and O–H groups in total. The first-order valence-corrected chi connectivity index (χ1v) is 6.04. The molecule has 0 heterocycles. The zero-order chi connectivity index (χ0) is 17.1. The number of benzene rings is 2. The normalized spacial score (nSPS) is 10.1. The second kappa shape index (κ2) is 5.97. The number of nitro groups is 3. The minimum Gasteiger partial charge on any atom is -0.288 e. The highest BCUT2D eigenvalue weighted by Gasteiger charge is 2.40. The van der Waals surface area contributed by atoms with E-state index in [0.717, 1.165) is 6.07 Å². The highest BCUT2D eigenvalue weighted by molar-refractivity contribution is 6.12. The molecular formula is C13H7N3O7. The number of nitrogens with zero attached hydrogens (tertiary/aromatic N) is 3. The van der Waals surface area contributed by atoms with Crippen molar-refractivity contribution in [3.63, 3.8) is 0 Å². The summed E-state index contributed by atoms with van der Waals surface area (Å²) in [6.45, 7) is 0. The summed E-state index contributed by atoms with van der Waals surface area (Å²) in [5.41, 5.74) is -4.08. The van der Waals surface area contributed by atoms with Crippen LogP contribution >= 0.6 is 0 Å². The number of ketones is 1. The molecule has 0 radical (unpaired) electrons. The highest BCUT2D eigenvalue weighted by atomic mass is 16.6. The van der Waals surface area contributed by atoms with Crippen LogP contribution in [-0.2, 0) is 0 Å². The van der Waals surface area contributed by atoms with Gasteiger partial charge in [-0.15, -0.1) is 0 Å². The molecule has 0 amide bonds. The summed E-state index contributed by atoms with van der Waals surface area (Å²) >= 11 is 0. The van der Waals surface area contributed by atoms with Gasteiger partial charge >= 0.3 is 17.1 Å². The van der Waals surface area contributed by atoms with Crippen LogP contribution in [0.3, 0.4) is 0 Å². The molecule has 2 rings (SSSR count). The zero-order valence-corrected chi connectivity index (χ0v) is 11.2. The van der Waals surface area contributed by atoms with Gasteiger partial charge in [-0.2, -0.15) is 0 Å². The molecule has 0 aromatic heterocycles. The molecule has 0 saturated heterocycles. The lowest BCUT2D eigenvalue weighted by Gasteiger charge is -2.03. The fourth-order valence-corrected chi connectivity index (χ4v) is 2.01. The maximum Gasteiger partial charge on any atom is 0.423 e. The Kier molecular flexibility index (Phi) is 4.07. The molecule has 10 nitrogen and oxygen atoms in total. The van der Waals surface area contributed by atoms with Crippen LogP contribution in [0.4, 0.5) is 17.1 Å². The second-order valence-electron chi connectivity index (χ2n) is 4.30. The molecule has 0 spiro atoms. The van der Waals surface area contributed by atoms with Gasteiger partial charge in [0.1, 0.15) is 5.56 Å². The topological polar surface area (TPSA) is 146 Å². The average Bonchev–Trinajstić information content (AvgIpc) is 2.53. The van der Waals surface area contributed by atoms with Gasteiger partial charge in [0, 0.05) is 11.6 Å². The van der Waals surface area contributed by atoms with E-state index in [4.69, 9.17) is 0 Å². The number of nitro benzene ring substituents is 3. The van der Waals surface area contributed by atoms with Crippen LogP contribution in [0.5, 0.6) is 0 Å². The van der Waals surface area contributed by atoms with Gasteiger partial charge in [-0.05, 0) is 6.07 Å². The number of hydrogen-bond donors (Lipinski definition) is 0. The zero-order valence-electron chi connectivity index (χ0n) is 11.2. The summed E-state index contributed by atoms with van der Waals surface area (Å²) in [6.07, 6.45) is 0. The van der Waals surface area contributed by atoms with Gasteiger partial charge < -0.3 is 0 Å². The Morgan fingerprint density at radius 3 is 1.78 bits per heavy atom. The van der Waals surface area contributed by atoms with Crippen molar-refractivity contribution in [1.29, 1.82) is 0 Å². The summed E-state index contributed by atoms with van der Waals surface area (Å²) in [7, 11) is 0. The van der Waals surface area contributed by atoms with E-state index in [2.05, 4.69) is 0 Å². The van der Waals surface area contributed by atoms with Crippen molar-refractivity contribution in [3.8, 4) is 0 Å². The van der Waals surface area contributed by atoms with Gasteiger partial charge in [0.25, 0.3) is 0 Å². The van der Waals surface area contributed by atoms with Gasteiger partial charge in [0.2, 0.25) is 0 Å². The van der Waals surface area contributed by atoms with Crippen molar-refractivity contribution in [2.45, 2.75) is 0 Å². The third-order valence-electron chi connectivity index (χ3n) is 2.97. The summed E-state index contributed by atoms with van der Waals surface area (Å²) in [5.74, 6) is -0.838. The number of hydrogen-bond acceptors (Lipinski definition) is 7. The first-order chi connectivity index (χ1) is 10.8. The third kappa shape index (κ3) is 2.85. The Bertz CT molecular complexity index is 833. The molecule has 0 atom stereocenters. The first-order valence-electron chi connectivity index (χ1n) is 6.04. The van der Waals surface area contributed by atoms with E-state index in [1.807, 2.05) is 0 Å². The van der Waals surface area contributed by atoms with Crippen LogP contribution in [0.25, 0.3) is 0 Å². The van der Waals surface area contributed by atoms with Crippen molar-refractivity contribution in [1.82, 2.24) is 0 Å². The summed E-state index contributed by atoms with van der Waals surface area (Å²) in [6, 6.07) is 8.94. The number of carbonyl (C=O) groups excluding carboxylic acids is 1. The van der Waals surface area contributed by atoms with Gasteiger partial charge in [0.15, 0.2) is 5.78 Å². The van der Waals surface area contributed by atoms with E-state index < -0.39 is 43.2 Å². The smallest absolute Gasteiger partial charge is 0.288 e. The van der Waals surface area contributed by atoms with Crippen LogP contribution in [0.2, 0.25) is 0 Å². The summed E-state index contributed by atoms with van der Waals surface area (Å²) in [5, 5.41) is 33.1. The molecule has 0 saturated carbocycles. The predicted octanol–water partition coefficient (Wildman–Crippen LogP) is 2.64. The van der Waals surface area contributed by atoms with E-state index in [9.17, 15) is 35.1 Å². The van der Waals surface area contributed by atoms with Crippen LogP contribution in [0, 0.1) is 30.3 Å². The quantitative estimate of drug-likeness (QED) is 0.467. The molecule has 0 unspecified atom stereocenters. The minimum atomic E-state index is -1.32. The van der Waals surface area contributed by atoms with E-state index in [1.165, 1.54) is 24.3 Å². The Balaban J connectivity index is 2.78. The van der Waals surface area contributed by atoms with E-state index in [1.54, 1.807) is 6.07 Å². The van der Waals surface area contributed by atoms with E-state index >= 15 is 0 Å². The van der Waals surface area contributed by atoms with Gasteiger partial charge in [-0.1, -0.05) is 30.3 Å². The maximum atomic E-state index is 12.3. The van der Waals surface area contributed by atoms with Crippen molar-refractivity contribution in [3.05, 3.63) is 83.9 Å². The summed E-state index contributed by atoms with van der Waals surface area (Å²) < 4.78 is 0. The van der Waals surface area contributed by atoms with Crippen molar-refractivity contribution < 1.29 is 19.6 Å². The maximum absolute atomic E-state index is 12.3. The number of rotatable bonds is 5. The van der Waals surface area contributed by atoms with Crippen LogP contribution < -0.4 is 0 Å². The van der Waals surface area contributed by atoms with Crippen LogP contribution in [0.1, 0.15) is 15.9 Å². The molecule has 2 aromatic carbocycles. The third-order valence-corrected chi connectivity index (χ3v) is 2.97.